The van der Waals surface area contributed by atoms with Gasteiger partial charge in [-0.3, -0.25) is 14.6 Å². The molecule has 33 heavy (non-hydrogen) atoms. The third kappa shape index (κ3) is 4.34. The Morgan fingerprint density at radius 3 is 2.36 bits per heavy atom. The summed E-state index contributed by atoms with van der Waals surface area (Å²) in [4.78, 5) is 34.0. The molecule has 3 aromatic carbocycles. The number of hydrogen-bond donors (Lipinski definition) is 0. The maximum absolute atomic E-state index is 13.4. The van der Waals surface area contributed by atoms with Crippen molar-refractivity contribution in [1.82, 2.24) is 14.8 Å². The zero-order chi connectivity index (χ0) is 22.8. The van der Waals surface area contributed by atoms with Gasteiger partial charge in [-0.05, 0) is 47.2 Å². The molecule has 0 unspecified atom stereocenters. The van der Waals surface area contributed by atoms with Crippen molar-refractivity contribution in [2.45, 2.75) is 0 Å². The molecule has 5 rings (SSSR count). The number of halogens is 1. The van der Waals surface area contributed by atoms with Gasteiger partial charge in [-0.25, -0.2) is 0 Å². The summed E-state index contributed by atoms with van der Waals surface area (Å²) in [5.74, 6) is 0.432. The summed E-state index contributed by atoms with van der Waals surface area (Å²) in [6.07, 6.45) is 1.71. The molecular formula is C26H22ClN3O3. The van der Waals surface area contributed by atoms with E-state index in [2.05, 4.69) is 4.98 Å². The van der Waals surface area contributed by atoms with Crippen molar-refractivity contribution >= 4 is 45.1 Å². The third-order valence-corrected chi connectivity index (χ3v) is 6.19. The fourth-order valence-electron chi connectivity index (χ4n) is 4.19. The lowest BCUT2D eigenvalue weighted by atomic mass is 10.00. The molecule has 0 aliphatic carbocycles. The van der Waals surface area contributed by atoms with E-state index >= 15 is 0 Å². The molecular weight excluding hydrogens is 438 g/mol. The Hall–Kier alpha value is -3.64. The van der Waals surface area contributed by atoms with Gasteiger partial charge in [0, 0.05) is 42.8 Å². The molecule has 6 nitrogen and oxygen atoms in total. The van der Waals surface area contributed by atoms with E-state index in [9.17, 15) is 9.59 Å². The number of piperazine rings is 1. The molecule has 1 fully saturated rings. The van der Waals surface area contributed by atoms with Crippen LogP contribution in [0.3, 0.4) is 0 Å². The van der Waals surface area contributed by atoms with Crippen LogP contribution in [-0.4, -0.2) is 59.4 Å². The van der Waals surface area contributed by atoms with Gasteiger partial charge < -0.3 is 14.5 Å². The van der Waals surface area contributed by atoms with Crippen molar-refractivity contribution in [3.05, 3.63) is 83.5 Å². The van der Waals surface area contributed by atoms with Gasteiger partial charge in [-0.15, -0.1) is 0 Å². The van der Waals surface area contributed by atoms with Gasteiger partial charge in [0.15, 0.2) is 6.61 Å². The van der Waals surface area contributed by atoms with E-state index in [0.717, 1.165) is 16.2 Å². The van der Waals surface area contributed by atoms with Gasteiger partial charge in [0.05, 0.1) is 11.1 Å². The van der Waals surface area contributed by atoms with Crippen LogP contribution in [-0.2, 0) is 4.79 Å². The average Bonchev–Trinajstić information content (AvgIpc) is 2.87. The van der Waals surface area contributed by atoms with Crippen LogP contribution >= 0.6 is 11.6 Å². The molecule has 0 spiro atoms. The van der Waals surface area contributed by atoms with E-state index in [4.69, 9.17) is 16.3 Å². The van der Waals surface area contributed by atoms with Crippen LogP contribution in [0.25, 0.3) is 21.7 Å². The lowest BCUT2D eigenvalue weighted by Crippen LogP contribution is -2.51. The molecule has 1 aliphatic rings. The van der Waals surface area contributed by atoms with Crippen LogP contribution in [0, 0.1) is 0 Å². The SMILES string of the molecule is O=C(COc1ccc(Cl)cc1)N1CCN(C(=O)c2cc3ccccc3c3cccnc23)CC1. The fourth-order valence-corrected chi connectivity index (χ4v) is 4.31. The van der Waals surface area contributed by atoms with E-state index in [1.807, 2.05) is 42.5 Å². The number of carbonyl (C=O) groups excluding carboxylic acids is 2. The summed E-state index contributed by atoms with van der Waals surface area (Å²) in [5.41, 5.74) is 1.30. The molecule has 0 atom stereocenters. The summed E-state index contributed by atoms with van der Waals surface area (Å²) in [6, 6.07) is 20.7. The van der Waals surface area contributed by atoms with E-state index in [1.165, 1.54) is 0 Å². The summed E-state index contributed by atoms with van der Waals surface area (Å²) in [5, 5.41) is 3.67. The van der Waals surface area contributed by atoms with E-state index in [1.54, 1.807) is 40.3 Å². The fraction of sp³-hybridized carbons (Fsp3) is 0.192. The third-order valence-electron chi connectivity index (χ3n) is 5.94. The van der Waals surface area contributed by atoms with Crippen molar-refractivity contribution in [2.24, 2.45) is 0 Å². The van der Waals surface area contributed by atoms with E-state index < -0.39 is 0 Å². The average molecular weight is 460 g/mol. The molecule has 2 heterocycles. The first-order valence-corrected chi connectivity index (χ1v) is 11.2. The first kappa shape index (κ1) is 21.2. The van der Waals surface area contributed by atoms with Gasteiger partial charge in [0.2, 0.25) is 0 Å². The quantitative estimate of drug-likeness (QED) is 0.424. The largest absolute Gasteiger partial charge is 0.484 e. The molecule has 1 aliphatic heterocycles. The predicted octanol–water partition coefficient (Wildman–Crippen LogP) is 4.40. The van der Waals surface area contributed by atoms with Crippen molar-refractivity contribution in [2.75, 3.05) is 32.8 Å². The second-order valence-electron chi connectivity index (χ2n) is 7.96. The Morgan fingerprint density at radius 1 is 0.879 bits per heavy atom. The standard InChI is InChI=1S/C26H22ClN3O3/c27-19-7-9-20(10-8-19)33-17-24(31)29-12-14-30(15-13-29)26(32)23-16-18-4-1-2-5-21(18)22-6-3-11-28-25(22)23/h1-11,16H,12-15,17H2. The highest BCUT2D eigenvalue weighted by Crippen LogP contribution is 2.28. The van der Waals surface area contributed by atoms with Crippen molar-refractivity contribution < 1.29 is 14.3 Å². The summed E-state index contributed by atoms with van der Waals surface area (Å²) >= 11 is 5.87. The van der Waals surface area contributed by atoms with E-state index in [-0.39, 0.29) is 18.4 Å². The summed E-state index contributed by atoms with van der Waals surface area (Å²) in [6.45, 7) is 1.81. The summed E-state index contributed by atoms with van der Waals surface area (Å²) < 4.78 is 5.57. The van der Waals surface area contributed by atoms with Crippen LogP contribution in [0.4, 0.5) is 0 Å². The predicted molar refractivity (Wildman–Crippen MR) is 129 cm³/mol. The maximum atomic E-state index is 13.4. The Kier molecular flexibility index (Phi) is 5.84. The minimum atomic E-state index is -0.102. The lowest BCUT2D eigenvalue weighted by Gasteiger charge is -2.35. The number of carbonyl (C=O) groups is 2. The highest BCUT2D eigenvalue weighted by molar-refractivity contribution is 6.30. The highest BCUT2D eigenvalue weighted by atomic mass is 35.5. The van der Waals surface area contributed by atoms with Gasteiger partial charge in [0.1, 0.15) is 5.75 Å². The number of hydrogen-bond acceptors (Lipinski definition) is 4. The molecule has 0 N–H and O–H groups in total. The maximum Gasteiger partial charge on any atom is 0.260 e. The monoisotopic (exact) mass is 459 g/mol. The second-order valence-corrected chi connectivity index (χ2v) is 8.40. The topological polar surface area (TPSA) is 62.7 Å². The molecule has 0 radical (unpaired) electrons. The lowest BCUT2D eigenvalue weighted by molar-refractivity contribution is -0.134. The smallest absolute Gasteiger partial charge is 0.260 e. The minimum absolute atomic E-state index is 0.0468. The number of aromatic nitrogens is 1. The Bertz CT molecular complexity index is 1330. The number of fused-ring (bicyclic) bond motifs is 3. The van der Waals surface area contributed by atoms with Crippen molar-refractivity contribution in [1.29, 1.82) is 0 Å². The molecule has 0 bridgehead atoms. The first-order valence-electron chi connectivity index (χ1n) is 10.8. The number of pyridine rings is 1. The van der Waals surface area contributed by atoms with Crippen molar-refractivity contribution in [3.8, 4) is 5.75 Å². The van der Waals surface area contributed by atoms with Gasteiger partial charge in [0.25, 0.3) is 11.8 Å². The molecule has 1 saturated heterocycles. The van der Waals surface area contributed by atoms with Crippen LogP contribution in [0.2, 0.25) is 5.02 Å². The molecule has 7 heteroatoms. The molecule has 2 amide bonds. The van der Waals surface area contributed by atoms with Crippen LogP contribution < -0.4 is 4.74 Å². The number of amides is 2. The molecule has 4 aromatic rings. The number of benzene rings is 3. The number of rotatable bonds is 4. The highest BCUT2D eigenvalue weighted by Gasteiger charge is 2.26. The van der Waals surface area contributed by atoms with E-state index in [0.29, 0.717) is 48.0 Å². The zero-order valence-corrected chi connectivity index (χ0v) is 18.7. The second kappa shape index (κ2) is 9.08. The Labute approximate surface area is 196 Å². The zero-order valence-electron chi connectivity index (χ0n) is 17.9. The molecule has 1 aromatic heterocycles. The first-order chi connectivity index (χ1) is 16.1. The van der Waals surface area contributed by atoms with Gasteiger partial charge in [-0.2, -0.15) is 0 Å². The van der Waals surface area contributed by atoms with Crippen LogP contribution in [0.15, 0.2) is 72.9 Å². The number of ether oxygens (including phenoxy) is 1. The van der Waals surface area contributed by atoms with Crippen molar-refractivity contribution in [3.63, 3.8) is 0 Å². The normalized spacial score (nSPS) is 14.0. The summed E-state index contributed by atoms with van der Waals surface area (Å²) in [7, 11) is 0. The van der Waals surface area contributed by atoms with Gasteiger partial charge in [-0.1, -0.05) is 41.9 Å². The molecule has 0 saturated carbocycles. The van der Waals surface area contributed by atoms with Crippen LogP contribution in [0.1, 0.15) is 10.4 Å². The Morgan fingerprint density at radius 2 is 1.58 bits per heavy atom. The minimum Gasteiger partial charge on any atom is -0.484 e. The van der Waals surface area contributed by atoms with Gasteiger partial charge >= 0.3 is 0 Å². The van der Waals surface area contributed by atoms with Crippen LogP contribution in [0.5, 0.6) is 5.75 Å². The number of nitrogens with zero attached hydrogens (tertiary/aromatic N) is 3. The molecule has 166 valence electrons. The Balaban J connectivity index is 1.27.